The molecule has 5 aromatic rings. The molecule has 0 spiro atoms. The van der Waals surface area contributed by atoms with Crippen LogP contribution >= 0.6 is 15.9 Å². The lowest BCUT2D eigenvalue weighted by molar-refractivity contribution is -0.115. The highest BCUT2D eigenvalue weighted by atomic mass is 79.9. The van der Waals surface area contributed by atoms with Crippen molar-refractivity contribution in [2.75, 3.05) is 17.7 Å². The number of carbonyl (C=O) groups is 2. The second kappa shape index (κ2) is 9.07. The quantitative estimate of drug-likeness (QED) is 0.272. The summed E-state index contributed by atoms with van der Waals surface area (Å²) < 4.78 is 17.4. The predicted molar refractivity (Wildman–Crippen MR) is 133 cm³/mol. The number of anilines is 2. The van der Waals surface area contributed by atoms with Gasteiger partial charge in [-0.25, -0.2) is 0 Å². The summed E-state index contributed by atoms with van der Waals surface area (Å²) in [6.45, 7) is 0. The van der Waals surface area contributed by atoms with Crippen LogP contribution < -0.4 is 15.4 Å². The van der Waals surface area contributed by atoms with Gasteiger partial charge in [0, 0.05) is 26.5 Å². The van der Waals surface area contributed by atoms with Gasteiger partial charge < -0.3 is 24.2 Å². The van der Waals surface area contributed by atoms with Gasteiger partial charge in [0.05, 0.1) is 19.8 Å². The summed E-state index contributed by atoms with van der Waals surface area (Å²) in [5.74, 6) is -0.0827. The fraction of sp³-hybridized carbons (Fsp3) is 0.0769. The van der Waals surface area contributed by atoms with Crippen molar-refractivity contribution in [3.63, 3.8) is 0 Å². The molecule has 0 bridgehead atoms. The minimum absolute atomic E-state index is 0.0187. The lowest BCUT2D eigenvalue weighted by Crippen LogP contribution is -2.18. The van der Waals surface area contributed by atoms with E-state index in [2.05, 4.69) is 26.6 Å². The summed E-state index contributed by atoms with van der Waals surface area (Å²) in [5.41, 5.74) is 2.82. The van der Waals surface area contributed by atoms with Crippen LogP contribution in [0.15, 0.2) is 86.3 Å². The molecule has 2 aromatic heterocycles. The Morgan fingerprint density at radius 2 is 1.74 bits per heavy atom. The van der Waals surface area contributed by atoms with Crippen molar-refractivity contribution in [2.24, 2.45) is 0 Å². The minimum Gasteiger partial charge on any atom is -0.497 e. The largest absolute Gasteiger partial charge is 0.497 e. The van der Waals surface area contributed by atoms with E-state index in [1.165, 1.54) is 0 Å². The molecule has 0 aliphatic carbocycles. The van der Waals surface area contributed by atoms with Gasteiger partial charge in [-0.05, 0) is 54.6 Å². The van der Waals surface area contributed by atoms with Crippen molar-refractivity contribution in [3.8, 4) is 5.75 Å². The first-order chi connectivity index (χ1) is 16.5. The first kappa shape index (κ1) is 21.8. The van der Waals surface area contributed by atoms with Crippen molar-refractivity contribution >= 4 is 61.1 Å². The molecule has 0 saturated carbocycles. The highest BCUT2D eigenvalue weighted by Gasteiger charge is 2.23. The van der Waals surface area contributed by atoms with E-state index >= 15 is 0 Å². The molecule has 0 aliphatic heterocycles. The fourth-order valence-corrected chi connectivity index (χ4v) is 4.10. The van der Waals surface area contributed by atoms with E-state index in [0.717, 1.165) is 15.4 Å². The summed E-state index contributed by atoms with van der Waals surface area (Å²) in [4.78, 5) is 26.1. The first-order valence-corrected chi connectivity index (χ1v) is 11.2. The predicted octanol–water partition coefficient (Wildman–Crippen LogP) is 6.38. The maximum atomic E-state index is 13.1. The van der Waals surface area contributed by atoms with Crippen LogP contribution in [0.25, 0.3) is 21.9 Å². The van der Waals surface area contributed by atoms with Gasteiger partial charge >= 0.3 is 0 Å². The molecule has 2 heterocycles. The number of para-hydroxylation sites is 1. The smallest absolute Gasteiger partial charge is 0.293 e. The van der Waals surface area contributed by atoms with Crippen LogP contribution in [0, 0.1) is 0 Å². The highest BCUT2D eigenvalue weighted by Crippen LogP contribution is 2.32. The van der Waals surface area contributed by atoms with E-state index in [-0.39, 0.29) is 18.1 Å². The van der Waals surface area contributed by atoms with E-state index < -0.39 is 5.91 Å². The number of benzene rings is 3. The number of furan rings is 2. The number of hydrogen-bond acceptors (Lipinski definition) is 5. The Morgan fingerprint density at radius 3 is 2.53 bits per heavy atom. The Kier molecular flexibility index (Phi) is 5.81. The number of nitrogens with one attached hydrogen (secondary N) is 2. The van der Waals surface area contributed by atoms with E-state index in [1.54, 1.807) is 55.8 Å². The molecule has 0 saturated heterocycles. The Labute approximate surface area is 202 Å². The number of fused-ring (bicyclic) bond motifs is 2. The molecule has 0 fully saturated rings. The van der Waals surface area contributed by atoms with Crippen molar-refractivity contribution in [1.82, 2.24) is 0 Å². The Bertz CT molecular complexity index is 1520. The number of amides is 2. The second-order valence-corrected chi connectivity index (χ2v) is 8.53. The fourth-order valence-electron chi connectivity index (χ4n) is 3.74. The van der Waals surface area contributed by atoms with Crippen molar-refractivity contribution in [1.29, 1.82) is 0 Å². The Balaban J connectivity index is 1.42. The average Bonchev–Trinajstić information content (AvgIpc) is 3.41. The Hall–Kier alpha value is -4.04. The highest BCUT2D eigenvalue weighted by molar-refractivity contribution is 9.10. The lowest BCUT2D eigenvalue weighted by Gasteiger charge is -2.08. The third-order valence-electron chi connectivity index (χ3n) is 5.38. The SMILES string of the molecule is COc1ccc(NC(=O)c2oc3ccccc3c2NC(=O)Cc2coc3ccc(Br)cc23)cc1. The van der Waals surface area contributed by atoms with Gasteiger partial charge in [0.15, 0.2) is 0 Å². The van der Waals surface area contributed by atoms with Gasteiger partial charge in [-0.3, -0.25) is 9.59 Å². The average molecular weight is 519 g/mol. The van der Waals surface area contributed by atoms with E-state index in [4.69, 9.17) is 13.6 Å². The summed E-state index contributed by atoms with van der Waals surface area (Å²) >= 11 is 3.45. The second-order valence-electron chi connectivity index (χ2n) is 7.61. The monoisotopic (exact) mass is 518 g/mol. The van der Waals surface area contributed by atoms with Crippen LogP contribution in [0.1, 0.15) is 16.1 Å². The molecule has 0 radical (unpaired) electrons. The molecule has 8 heteroatoms. The van der Waals surface area contributed by atoms with Crippen LogP contribution in [0.4, 0.5) is 11.4 Å². The zero-order chi connectivity index (χ0) is 23.7. The molecular formula is C26H19BrN2O5. The molecule has 7 nitrogen and oxygen atoms in total. The Morgan fingerprint density at radius 1 is 0.941 bits per heavy atom. The van der Waals surface area contributed by atoms with E-state index in [9.17, 15) is 9.59 Å². The molecule has 3 aromatic carbocycles. The third-order valence-corrected chi connectivity index (χ3v) is 5.87. The van der Waals surface area contributed by atoms with Crippen LogP contribution in [-0.4, -0.2) is 18.9 Å². The van der Waals surface area contributed by atoms with Crippen molar-refractivity contribution in [3.05, 3.63) is 88.8 Å². The number of hydrogen-bond donors (Lipinski definition) is 2. The number of ether oxygens (including phenoxy) is 1. The van der Waals surface area contributed by atoms with Gasteiger partial charge in [0.25, 0.3) is 5.91 Å². The van der Waals surface area contributed by atoms with Crippen LogP contribution in [0.2, 0.25) is 0 Å². The lowest BCUT2D eigenvalue weighted by atomic mass is 10.1. The topological polar surface area (TPSA) is 93.7 Å². The van der Waals surface area contributed by atoms with Crippen LogP contribution in [-0.2, 0) is 11.2 Å². The molecule has 170 valence electrons. The van der Waals surface area contributed by atoms with Crippen molar-refractivity contribution in [2.45, 2.75) is 6.42 Å². The first-order valence-electron chi connectivity index (χ1n) is 10.4. The van der Waals surface area contributed by atoms with Gasteiger partial charge in [-0.15, -0.1) is 0 Å². The van der Waals surface area contributed by atoms with Gasteiger partial charge in [0.2, 0.25) is 11.7 Å². The van der Waals surface area contributed by atoms with Gasteiger partial charge in [-0.2, -0.15) is 0 Å². The number of halogens is 1. The molecular weight excluding hydrogens is 500 g/mol. The zero-order valence-electron chi connectivity index (χ0n) is 18.1. The molecule has 0 atom stereocenters. The van der Waals surface area contributed by atoms with Gasteiger partial charge in [0.1, 0.15) is 22.6 Å². The number of rotatable bonds is 6. The summed E-state index contributed by atoms with van der Waals surface area (Å²) in [6.07, 6.45) is 1.64. The molecule has 2 amide bonds. The van der Waals surface area contributed by atoms with Crippen LogP contribution in [0.5, 0.6) is 5.75 Å². The van der Waals surface area contributed by atoms with E-state index in [0.29, 0.717) is 33.7 Å². The normalized spacial score (nSPS) is 11.0. The summed E-state index contributed by atoms with van der Waals surface area (Å²) in [5, 5.41) is 7.15. The maximum Gasteiger partial charge on any atom is 0.293 e. The minimum atomic E-state index is -0.477. The summed E-state index contributed by atoms with van der Waals surface area (Å²) in [7, 11) is 1.57. The number of methoxy groups -OCH3 is 1. The standard InChI is InChI=1S/C26H19BrN2O5/c1-32-18-9-7-17(8-10-18)28-26(31)25-24(19-4-2-3-5-22(19)34-25)29-23(30)12-15-14-33-21-11-6-16(27)13-20(15)21/h2-11,13-14H,12H2,1H3,(H,28,31)(H,29,30). The third kappa shape index (κ3) is 4.27. The molecule has 34 heavy (non-hydrogen) atoms. The van der Waals surface area contributed by atoms with Crippen LogP contribution in [0.3, 0.4) is 0 Å². The van der Waals surface area contributed by atoms with Gasteiger partial charge in [-0.1, -0.05) is 28.1 Å². The van der Waals surface area contributed by atoms with E-state index in [1.807, 2.05) is 24.3 Å². The number of carbonyl (C=O) groups excluding carboxylic acids is 2. The molecule has 5 rings (SSSR count). The molecule has 0 aliphatic rings. The molecule has 0 unspecified atom stereocenters. The zero-order valence-corrected chi connectivity index (χ0v) is 19.6. The molecule has 2 N–H and O–H groups in total. The maximum absolute atomic E-state index is 13.1. The summed E-state index contributed by atoms with van der Waals surface area (Å²) in [6, 6.07) is 19.7. The van der Waals surface area contributed by atoms with Crippen molar-refractivity contribution < 1.29 is 23.2 Å².